The lowest BCUT2D eigenvalue weighted by Gasteiger charge is -2.20. The van der Waals surface area contributed by atoms with E-state index in [4.69, 9.17) is 4.74 Å². The van der Waals surface area contributed by atoms with Crippen LogP contribution in [-0.2, 0) is 4.74 Å². The molecule has 9 heavy (non-hydrogen) atoms. The molecule has 0 heterocycles. The van der Waals surface area contributed by atoms with E-state index >= 15 is 0 Å². The molecule has 0 unspecified atom stereocenters. The lowest BCUT2D eigenvalue weighted by Crippen LogP contribution is -2.15. The minimum Gasteiger partial charge on any atom is -0.367 e. The molecule has 0 atom stereocenters. The van der Waals surface area contributed by atoms with Gasteiger partial charge < -0.3 is 4.74 Å². The fourth-order valence-electron chi connectivity index (χ4n) is 1.32. The van der Waals surface area contributed by atoms with Crippen molar-refractivity contribution < 1.29 is 4.74 Å². The van der Waals surface area contributed by atoms with Crippen LogP contribution in [0.4, 0.5) is 0 Å². The van der Waals surface area contributed by atoms with Gasteiger partial charge in [-0.1, -0.05) is 35.2 Å². The van der Waals surface area contributed by atoms with Crippen molar-refractivity contribution in [3.05, 3.63) is 0 Å². The molecule has 54 valence electrons. The van der Waals surface area contributed by atoms with E-state index in [1.807, 2.05) is 0 Å². The van der Waals surface area contributed by atoms with Crippen molar-refractivity contribution in [2.45, 2.75) is 38.2 Å². The van der Waals surface area contributed by atoms with E-state index < -0.39 is 0 Å². The molecule has 1 nitrogen and oxygen atoms in total. The van der Waals surface area contributed by atoms with Gasteiger partial charge in [0.2, 0.25) is 0 Å². The summed E-state index contributed by atoms with van der Waals surface area (Å²) in [5.41, 5.74) is 0.706. The molecule has 0 aliphatic heterocycles. The van der Waals surface area contributed by atoms with E-state index in [1.54, 1.807) is 0 Å². The Balaban J connectivity index is 2.08. The first-order valence-corrected chi connectivity index (χ1v) is 4.73. The predicted molar refractivity (Wildman–Crippen MR) is 41.8 cm³/mol. The molecule has 0 amide bonds. The van der Waals surface area contributed by atoms with Crippen molar-refractivity contribution in [3.63, 3.8) is 0 Å². The monoisotopic (exact) mass is 192 g/mol. The standard InChI is InChI=1S/C7H13BrO/c8-6-9-7-4-2-1-3-5-7/h7H,1-6H2. The second kappa shape index (κ2) is 4.29. The van der Waals surface area contributed by atoms with Gasteiger partial charge in [-0.05, 0) is 12.8 Å². The number of alkyl halides is 1. The Bertz CT molecular complexity index is 66.6. The van der Waals surface area contributed by atoms with Crippen LogP contribution in [0.25, 0.3) is 0 Å². The first-order valence-electron chi connectivity index (χ1n) is 3.61. The molecule has 1 aliphatic carbocycles. The van der Waals surface area contributed by atoms with Gasteiger partial charge in [0.15, 0.2) is 0 Å². The summed E-state index contributed by atoms with van der Waals surface area (Å²) in [5, 5.41) is 0. The van der Waals surface area contributed by atoms with Crippen molar-refractivity contribution in [2.24, 2.45) is 0 Å². The molecule has 0 aromatic heterocycles. The number of hydrogen-bond acceptors (Lipinski definition) is 1. The Labute approximate surface area is 64.9 Å². The van der Waals surface area contributed by atoms with Crippen LogP contribution in [0.15, 0.2) is 0 Å². The predicted octanol–water partition coefficient (Wildman–Crippen LogP) is 2.69. The maximum absolute atomic E-state index is 5.40. The zero-order valence-corrected chi connectivity index (χ0v) is 7.19. The molecular formula is C7H13BrO. The summed E-state index contributed by atoms with van der Waals surface area (Å²) in [4.78, 5) is 0. The highest BCUT2D eigenvalue weighted by Crippen LogP contribution is 2.20. The van der Waals surface area contributed by atoms with Gasteiger partial charge >= 0.3 is 0 Å². The molecule has 1 aliphatic rings. The van der Waals surface area contributed by atoms with Gasteiger partial charge in [-0.25, -0.2) is 0 Å². The van der Waals surface area contributed by atoms with Crippen LogP contribution in [0.2, 0.25) is 0 Å². The van der Waals surface area contributed by atoms with Gasteiger partial charge in [0.1, 0.15) is 5.52 Å². The summed E-state index contributed by atoms with van der Waals surface area (Å²) in [6, 6.07) is 0. The van der Waals surface area contributed by atoms with Crippen molar-refractivity contribution in [3.8, 4) is 0 Å². The number of halogens is 1. The summed E-state index contributed by atoms with van der Waals surface area (Å²) in [7, 11) is 0. The lowest BCUT2D eigenvalue weighted by atomic mass is 9.98. The van der Waals surface area contributed by atoms with Crippen LogP contribution in [0.1, 0.15) is 32.1 Å². The molecule has 0 bridgehead atoms. The van der Waals surface area contributed by atoms with Crippen LogP contribution in [0.5, 0.6) is 0 Å². The first kappa shape index (κ1) is 7.55. The Morgan fingerprint density at radius 2 is 1.89 bits per heavy atom. The van der Waals surface area contributed by atoms with Crippen LogP contribution < -0.4 is 0 Å². The molecule has 1 rings (SSSR count). The van der Waals surface area contributed by atoms with Crippen LogP contribution >= 0.6 is 15.9 Å². The van der Waals surface area contributed by atoms with Crippen molar-refractivity contribution in [1.82, 2.24) is 0 Å². The topological polar surface area (TPSA) is 9.23 Å². The highest BCUT2D eigenvalue weighted by atomic mass is 79.9. The molecule has 0 N–H and O–H groups in total. The lowest BCUT2D eigenvalue weighted by molar-refractivity contribution is 0.0625. The van der Waals surface area contributed by atoms with Crippen molar-refractivity contribution in [2.75, 3.05) is 5.52 Å². The minimum atomic E-state index is 0.554. The molecule has 0 saturated heterocycles. The van der Waals surface area contributed by atoms with Gasteiger partial charge in [-0.3, -0.25) is 0 Å². The van der Waals surface area contributed by atoms with Gasteiger partial charge in [0, 0.05) is 0 Å². The Kier molecular flexibility index (Phi) is 3.59. The molecular weight excluding hydrogens is 180 g/mol. The SMILES string of the molecule is BrCOC1CCCCC1. The highest BCUT2D eigenvalue weighted by Gasteiger charge is 2.12. The summed E-state index contributed by atoms with van der Waals surface area (Å²) in [5.74, 6) is 0. The average molecular weight is 193 g/mol. The smallest absolute Gasteiger partial charge is 0.102 e. The summed E-state index contributed by atoms with van der Waals surface area (Å²) < 4.78 is 5.40. The molecule has 0 spiro atoms. The third-order valence-corrected chi connectivity index (χ3v) is 2.12. The van der Waals surface area contributed by atoms with E-state index in [-0.39, 0.29) is 0 Å². The molecule has 0 radical (unpaired) electrons. The molecule has 1 fully saturated rings. The van der Waals surface area contributed by atoms with Crippen molar-refractivity contribution in [1.29, 1.82) is 0 Å². The third-order valence-electron chi connectivity index (χ3n) is 1.85. The van der Waals surface area contributed by atoms with Crippen LogP contribution in [-0.4, -0.2) is 11.6 Å². The summed E-state index contributed by atoms with van der Waals surface area (Å²) in [6.07, 6.45) is 7.22. The Morgan fingerprint density at radius 3 is 2.44 bits per heavy atom. The largest absolute Gasteiger partial charge is 0.367 e. The summed E-state index contributed by atoms with van der Waals surface area (Å²) >= 11 is 3.26. The number of hydrogen-bond donors (Lipinski definition) is 0. The Hall–Kier alpha value is 0.440. The van der Waals surface area contributed by atoms with Gasteiger partial charge in [-0.2, -0.15) is 0 Å². The number of ether oxygens (including phenoxy) is 1. The van der Waals surface area contributed by atoms with Crippen LogP contribution in [0, 0.1) is 0 Å². The fraction of sp³-hybridized carbons (Fsp3) is 1.00. The maximum Gasteiger partial charge on any atom is 0.102 e. The van der Waals surface area contributed by atoms with Crippen molar-refractivity contribution >= 4 is 15.9 Å². The normalized spacial score (nSPS) is 22.3. The van der Waals surface area contributed by atoms with E-state index in [1.165, 1.54) is 32.1 Å². The van der Waals surface area contributed by atoms with Gasteiger partial charge in [-0.15, -0.1) is 0 Å². The molecule has 0 aromatic carbocycles. The van der Waals surface area contributed by atoms with E-state index in [0.717, 1.165) is 0 Å². The van der Waals surface area contributed by atoms with Gasteiger partial charge in [0.25, 0.3) is 0 Å². The number of rotatable bonds is 2. The minimum absolute atomic E-state index is 0.554. The third kappa shape index (κ3) is 2.67. The van der Waals surface area contributed by atoms with Crippen LogP contribution in [0.3, 0.4) is 0 Å². The molecule has 2 heteroatoms. The Morgan fingerprint density at radius 1 is 1.22 bits per heavy atom. The molecule has 0 aromatic rings. The average Bonchev–Trinajstić information content (AvgIpc) is 1.91. The molecule has 1 saturated carbocycles. The zero-order chi connectivity index (χ0) is 6.53. The second-order valence-corrected chi connectivity index (χ2v) is 2.99. The van der Waals surface area contributed by atoms with Gasteiger partial charge in [0.05, 0.1) is 6.10 Å². The zero-order valence-electron chi connectivity index (χ0n) is 5.61. The quantitative estimate of drug-likeness (QED) is 0.612. The van der Waals surface area contributed by atoms with E-state index in [9.17, 15) is 0 Å². The van der Waals surface area contributed by atoms with E-state index in [2.05, 4.69) is 15.9 Å². The second-order valence-electron chi connectivity index (χ2n) is 2.54. The maximum atomic E-state index is 5.40. The van der Waals surface area contributed by atoms with E-state index in [0.29, 0.717) is 11.6 Å². The fourth-order valence-corrected chi connectivity index (χ4v) is 1.69. The first-order chi connectivity index (χ1) is 4.43. The summed E-state index contributed by atoms with van der Waals surface area (Å²) in [6.45, 7) is 0. The highest BCUT2D eigenvalue weighted by molar-refractivity contribution is 9.09.